The lowest BCUT2D eigenvalue weighted by Crippen LogP contribution is -2.52. The molecule has 3 aromatic carbocycles. The Kier molecular flexibility index (Phi) is 7.56. The lowest BCUT2D eigenvalue weighted by Gasteiger charge is -2.33. The van der Waals surface area contributed by atoms with Crippen molar-refractivity contribution < 1.29 is 9.59 Å². The second-order valence-corrected chi connectivity index (χ2v) is 13.0. The number of amides is 2. The summed E-state index contributed by atoms with van der Waals surface area (Å²) in [6, 6.07) is 22.5. The van der Waals surface area contributed by atoms with Gasteiger partial charge in [-0.05, 0) is 66.9 Å². The Hall–Kier alpha value is -2.49. The number of rotatable bonds is 6. The van der Waals surface area contributed by atoms with E-state index < -0.39 is 4.87 Å². The Morgan fingerprint density at radius 2 is 1.68 bits per heavy atom. The van der Waals surface area contributed by atoms with Crippen LogP contribution >= 0.6 is 58.1 Å². The highest BCUT2D eigenvalue weighted by molar-refractivity contribution is 8.05. The molecule has 0 spiro atoms. The summed E-state index contributed by atoms with van der Waals surface area (Å²) in [5, 5.41) is 2.65. The quantitative estimate of drug-likeness (QED) is 0.186. The van der Waals surface area contributed by atoms with E-state index >= 15 is 0 Å². The number of halogens is 2. The third-order valence-corrected chi connectivity index (χ3v) is 10.1. The van der Waals surface area contributed by atoms with Crippen LogP contribution in [0.1, 0.15) is 25.0 Å². The molecule has 188 valence electrons. The van der Waals surface area contributed by atoms with E-state index in [1.807, 2.05) is 62.4 Å². The molecule has 10 heteroatoms. The lowest BCUT2D eigenvalue weighted by molar-refractivity contribution is -0.139. The molecule has 0 bridgehead atoms. The molecule has 1 saturated heterocycles. The van der Waals surface area contributed by atoms with Gasteiger partial charge in [0.05, 0.1) is 20.9 Å². The molecule has 2 amide bonds. The highest BCUT2D eigenvalue weighted by Gasteiger charge is 2.49. The zero-order valence-electron chi connectivity index (χ0n) is 19.8. The molecule has 5 nitrogen and oxygen atoms in total. The van der Waals surface area contributed by atoms with Gasteiger partial charge >= 0.3 is 0 Å². The van der Waals surface area contributed by atoms with Gasteiger partial charge in [-0.2, -0.15) is 0 Å². The Labute approximate surface area is 237 Å². The van der Waals surface area contributed by atoms with E-state index in [9.17, 15) is 9.59 Å². The van der Waals surface area contributed by atoms with E-state index in [2.05, 4.69) is 10.4 Å². The van der Waals surface area contributed by atoms with E-state index in [1.165, 1.54) is 28.5 Å². The predicted molar refractivity (Wildman–Crippen MR) is 156 cm³/mol. The molecule has 0 saturated carbocycles. The van der Waals surface area contributed by atoms with Crippen LogP contribution in [0.5, 0.6) is 0 Å². The van der Waals surface area contributed by atoms with Gasteiger partial charge in [0.2, 0.25) is 5.91 Å². The summed E-state index contributed by atoms with van der Waals surface area (Å²) in [6.07, 6.45) is 0. The van der Waals surface area contributed by atoms with Gasteiger partial charge in [-0.25, -0.2) is 9.99 Å². The largest absolute Gasteiger partial charge is 0.280 e. The topological polar surface area (TPSA) is 62.3 Å². The van der Waals surface area contributed by atoms with E-state index in [0.717, 1.165) is 31.3 Å². The number of hydrazine groups is 1. The zero-order valence-corrected chi connectivity index (χ0v) is 23.8. The van der Waals surface area contributed by atoms with Gasteiger partial charge in [0.25, 0.3) is 5.91 Å². The lowest BCUT2D eigenvalue weighted by atomic mass is 10.1. The molecular weight excluding hydrogens is 565 g/mol. The highest BCUT2D eigenvalue weighted by atomic mass is 35.5. The third kappa shape index (κ3) is 5.40. The first-order valence-corrected chi connectivity index (χ1v) is 14.7. The number of para-hydroxylation sites is 1. The number of aromatic nitrogens is 1. The minimum Gasteiger partial charge on any atom is -0.272 e. The van der Waals surface area contributed by atoms with Crippen LogP contribution in [-0.4, -0.2) is 27.6 Å². The smallest absolute Gasteiger partial charge is 0.272 e. The molecule has 5 rings (SSSR count). The van der Waals surface area contributed by atoms with Crippen molar-refractivity contribution in [3.63, 3.8) is 0 Å². The van der Waals surface area contributed by atoms with Gasteiger partial charge < -0.3 is 0 Å². The van der Waals surface area contributed by atoms with Crippen molar-refractivity contribution in [3.05, 3.63) is 98.9 Å². The molecule has 1 fully saturated rings. The van der Waals surface area contributed by atoms with Crippen molar-refractivity contribution in [2.24, 2.45) is 0 Å². The number of hydrogen-bond acceptors (Lipinski definition) is 6. The van der Waals surface area contributed by atoms with Crippen molar-refractivity contribution in [2.45, 2.75) is 23.1 Å². The fraction of sp³-hybridized carbons (Fsp3) is 0.148. The maximum Gasteiger partial charge on any atom is 0.280 e. The van der Waals surface area contributed by atoms with E-state index in [4.69, 9.17) is 23.2 Å². The van der Waals surface area contributed by atoms with Gasteiger partial charge in [-0.3, -0.25) is 15.0 Å². The first-order chi connectivity index (χ1) is 17.7. The average Bonchev–Trinajstić information content (AvgIpc) is 3.42. The number of allylic oxidation sites excluding steroid dienone is 1. The molecule has 1 atom stereocenters. The number of carbonyl (C=O) groups excluding carboxylic acids is 2. The third-order valence-electron chi connectivity index (χ3n) is 5.96. The monoisotopic (exact) mass is 585 g/mol. The number of hydrogen-bond donors (Lipinski definition) is 1. The average molecular weight is 587 g/mol. The van der Waals surface area contributed by atoms with Crippen LogP contribution in [0.4, 0.5) is 0 Å². The van der Waals surface area contributed by atoms with Crippen molar-refractivity contribution in [1.29, 1.82) is 0 Å². The summed E-state index contributed by atoms with van der Waals surface area (Å²) in [6.45, 7) is 3.82. The molecular formula is C27H21Cl2N3O2S3. The first-order valence-electron chi connectivity index (χ1n) is 11.3. The van der Waals surface area contributed by atoms with Crippen molar-refractivity contribution in [1.82, 2.24) is 15.4 Å². The Morgan fingerprint density at radius 1 is 1.03 bits per heavy atom. The van der Waals surface area contributed by atoms with Crippen LogP contribution in [0, 0.1) is 0 Å². The SMILES string of the molecule is C/C(=C1/SC(C)(c2ccc(Cl)cc2)N(NC(=O)CSc2nc3ccccc3s2)C1=O)c1ccc(Cl)cc1. The number of nitrogens with zero attached hydrogens (tertiary/aromatic N) is 2. The minimum absolute atomic E-state index is 0.125. The summed E-state index contributed by atoms with van der Waals surface area (Å²) in [4.78, 5) is 31.1. The molecule has 0 radical (unpaired) electrons. The first kappa shape index (κ1) is 26.1. The molecule has 1 aliphatic rings. The standard InChI is InChI=1S/C27H21Cl2N3O2S3/c1-16(17-7-11-19(28)12-8-17)24-25(34)32(27(2,37-24)18-9-13-20(29)14-10-18)31-23(33)15-35-26-30-21-5-3-4-6-22(21)36-26/h3-14H,15H2,1-2H3,(H,31,33)/b24-16-. The fourth-order valence-electron chi connectivity index (χ4n) is 3.95. The van der Waals surface area contributed by atoms with E-state index in [-0.39, 0.29) is 17.6 Å². The Morgan fingerprint density at radius 3 is 2.35 bits per heavy atom. The molecule has 1 N–H and O–H groups in total. The van der Waals surface area contributed by atoms with Crippen molar-refractivity contribution >= 4 is 85.7 Å². The van der Waals surface area contributed by atoms with Crippen molar-refractivity contribution in [3.8, 4) is 0 Å². The van der Waals surface area contributed by atoms with Gasteiger partial charge in [-0.1, -0.05) is 83.1 Å². The number of fused-ring (bicyclic) bond motifs is 1. The van der Waals surface area contributed by atoms with Crippen LogP contribution < -0.4 is 5.43 Å². The number of carbonyl (C=O) groups is 2. The molecule has 1 aromatic heterocycles. The maximum absolute atomic E-state index is 13.7. The normalized spacial score (nSPS) is 18.9. The number of benzene rings is 3. The summed E-state index contributed by atoms with van der Waals surface area (Å²) in [5.74, 6) is -0.433. The fourth-order valence-corrected chi connectivity index (χ4v) is 7.39. The predicted octanol–water partition coefficient (Wildman–Crippen LogP) is 7.61. The van der Waals surface area contributed by atoms with Crippen LogP contribution in [0.25, 0.3) is 15.8 Å². The van der Waals surface area contributed by atoms with Gasteiger partial charge in [0.1, 0.15) is 4.87 Å². The highest BCUT2D eigenvalue weighted by Crippen LogP contribution is 2.52. The van der Waals surface area contributed by atoms with E-state index in [0.29, 0.717) is 15.0 Å². The van der Waals surface area contributed by atoms with Crippen LogP contribution in [0.2, 0.25) is 10.0 Å². The van der Waals surface area contributed by atoms with Crippen molar-refractivity contribution in [2.75, 3.05) is 5.75 Å². The maximum atomic E-state index is 13.7. The molecule has 1 unspecified atom stereocenters. The second kappa shape index (κ2) is 10.7. The van der Waals surface area contributed by atoms with Crippen LogP contribution in [0.15, 0.2) is 82.0 Å². The van der Waals surface area contributed by atoms with Crippen LogP contribution in [0.3, 0.4) is 0 Å². The number of nitrogens with one attached hydrogen (secondary N) is 1. The van der Waals surface area contributed by atoms with E-state index in [1.54, 1.807) is 35.6 Å². The van der Waals surface area contributed by atoms with Gasteiger partial charge in [0, 0.05) is 10.0 Å². The molecule has 1 aliphatic heterocycles. The minimum atomic E-state index is -0.874. The summed E-state index contributed by atoms with van der Waals surface area (Å²) < 4.78 is 1.87. The molecule has 4 aromatic rings. The molecule has 2 heterocycles. The molecule has 0 aliphatic carbocycles. The zero-order chi connectivity index (χ0) is 26.2. The summed E-state index contributed by atoms with van der Waals surface area (Å²) >= 11 is 16.5. The summed E-state index contributed by atoms with van der Waals surface area (Å²) in [5.41, 5.74) is 6.32. The number of thioether (sulfide) groups is 2. The second-order valence-electron chi connectivity index (χ2n) is 8.46. The molecule has 37 heavy (non-hydrogen) atoms. The van der Waals surface area contributed by atoms with Gasteiger partial charge in [-0.15, -0.1) is 11.3 Å². The van der Waals surface area contributed by atoms with Crippen LogP contribution in [-0.2, 0) is 14.5 Å². The summed E-state index contributed by atoms with van der Waals surface area (Å²) in [7, 11) is 0. The Balaban J connectivity index is 1.42. The van der Waals surface area contributed by atoms with Gasteiger partial charge in [0.15, 0.2) is 4.34 Å². The number of thiazole rings is 1. The Bertz CT molecular complexity index is 1490.